The number of hydrogen-bond donors (Lipinski definition) is 10. The highest BCUT2D eigenvalue weighted by molar-refractivity contribution is 6.03. The van der Waals surface area contributed by atoms with Crippen molar-refractivity contribution in [2.24, 2.45) is 68.0 Å². The van der Waals surface area contributed by atoms with Crippen molar-refractivity contribution in [3.8, 4) is 35.5 Å². The van der Waals surface area contributed by atoms with E-state index in [0.29, 0.717) is 96.2 Å². The number of alkyl halides is 3. The Hall–Kier alpha value is -11.0. The summed E-state index contributed by atoms with van der Waals surface area (Å²) in [6, 6.07) is 44.7. The van der Waals surface area contributed by atoms with Crippen LogP contribution in [0.3, 0.4) is 0 Å². The maximum absolute atomic E-state index is 17.5. The number of anilines is 2. The summed E-state index contributed by atoms with van der Waals surface area (Å²) in [5.41, 5.74) is 5.09. The molecular formula is C109H111F3N2O19. The fourth-order valence-corrected chi connectivity index (χ4v) is 26.8. The Kier molecular flexibility index (Phi) is 24.3. The van der Waals surface area contributed by atoms with Gasteiger partial charge in [0, 0.05) is 112 Å². The number of ether oxygens (including phenoxy) is 4. The molecule has 0 spiro atoms. The van der Waals surface area contributed by atoms with Gasteiger partial charge in [0.05, 0.1) is 36.6 Å². The molecule has 6 aromatic rings. The zero-order valence-corrected chi connectivity index (χ0v) is 75.2. The van der Waals surface area contributed by atoms with Crippen molar-refractivity contribution in [2.45, 2.75) is 209 Å². The van der Waals surface area contributed by atoms with Crippen LogP contribution in [0, 0.1) is 110 Å². The second kappa shape index (κ2) is 34.4. The second-order valence-electron chi connectivity index (χ2n) is 40.0. The molecule has 21 nitrogen and oxygen atoms in total. The van der Waals surface area contributed by atoms with E-state index < -0.39 is 176 Å². The number of allylic oxidation sites excluding steroid dienone is 12. The first-order valence-corrected chi connectivity index (χ1v) is 45.7. The lowest BCUT2D eigenvalue weighted by Crippen LogP contribution is -2.69. The maximum Gasteiger partial charge on any atom is 0.193 e. The van der Waals surface area contributed by atoms with Crippen LogP contribution in [0.15, 0.2) is 217 Å². The van der Waals surface area contributed by atoms with Gasteiger partial charge >= 0.3 is 0 Å². The summed E-state index contributed by atoms with van der Waals surface area (Å²) in [6.07, 6.45) is 8.17. The van der Waals surface area contributed by atoms with Crippen LogP contribution in [0.1, 0.15) is 192 Å². The molecule has 0 aromatic heterocycles. The average Bonchev–Trinajstić information content (AvgIpc) is 1.52. The molecule has 9 saturated carbocycles. The maximum atomic E-state index is 17.5. The first-order chi connectivity index (χ1) is 63.2. The first-order valence-electron chi connectivity index (χ1n) is 45.7. The number of ketones is 6. The largest absolute Gasteiger partial charge is 0.399 e. The third-order valence-corrected chi connectivity index (χ3v) is 33.6. The van der Waals surface area contributed by atoms with E-state index in [1.807, 2.05) is 130 Å². The van der Waals surface area contributed by atoms with Crippen LogP contribution in [0.25, 0.3) is 0 Å². The zero-order valence-electron chi connectivity index (χ0n) is 75.2. The first kappa shape index (κ1) is 93.8. The number of aliphatic hydroxyl groups is 8. The summed E-state index contributed by atoms with van der Waals surface area (Å²) in [5.74, 6) is 12.9. The van der Waals surface area contributed by atoms with Crippen LogP contribution in [-0.4, -0.2) is 172 Å². The minimum Gasteiger partial charge on any atom is -0.399 e. The molecule has 14 aliphatic rings. The monoisotopic (exact) mass is 1810 g/mol. The minimum absolute atomic E-state index is 0.0135. The number of halogens is 3. The number of rotatable bonds is 9. The van der Waals surface area contributed by atoms with Gasteiger partial charge in [0.15, 0.2) is 81.1 Å². The number of nitrogens with two attached hydrogens (primary N) is 2. The molecule has 6 aromatic carbocycles. The van der Waals surface area contributed by atoms with E-state index in [9.17, 15) is 74.4 Å². The smallest absolute Gasteiger partial charge is 0.193 e. The summed E-state index contributed by atoms with van der Waals surface area (Å²) in [5, 5.41) is 85.8. The van der Waals surface area contributed by atoms with Gasteiger partial charge in [-0.3, -0.25) is 33.6 Å². The topological polar surface area (TPSA) is 370 Å². The predicted octanol–water partition coefficient (Wildman–Crippen LogP) is 12.6. The van der Waals surface area contributed by atoms with Crippen molar-refractivity contribution >= 4 is 52.4 Å². The molecule has 26 atom stereocenters. The molecule has 0 unspecified atom stereocenters. The van der Waals surface area contributed by atoms with E-state index >= 15 is 13.2 Å². The highest BCUT2D eigenvalue weighted by atomic mass is 19.2. The third-order valence-electron chi connectivity index (χ3n) is 33.6. The Morgan fingerprint density at radius 3 is 1.11 bits per heavy atom. The summed E-state index contributed by atoms with van der Waals surface area (Å²) < 4.78 is 77.9. The number of nitrogen functional groups attached to an aromatic ring is 2. The molecule has 2 heterocycles. The fourth-order valence-electron chi connectivity index (χ4n) is 26.8. The summed E-state index contributed by atoms with van der Waals surface area (Å²) in [6.45, 7) is 10.1. The number of carbonyl (C=O) groups is 7. The minimum atomic E-state index is -2.23. The van der Waals surface area contributed by atoms with Crippen molar-refractivity contribution in [1.29, 1.82) is 0 Å². The third kappa shape index (κ3) is 14.5. The Morgan fingerprint density at radius 2 is 0.759 bits per heavy atom. The van der Waals surface area contributed by atoms with Crippen LogP contribution in [-0.2, 0) is 47.7 Å². The van der Waals surface area contributed by atoms with Gasteiger partial charge in [-0.15, -0.1) is 0 Å². The quantitative estimate of drug-likeness (QED) is 0.0365. The van der Waals surface area contributed by atoms with Gasteiger partial charge in [-0.2, -0.15) is 0 Å². The van der Waals surface area contributed by atoms with E-state index in [1.54, 1.807) is 76.2 Å². The molecular weight excluding hydrogens is 1700 g/mol. The number of aliphatic hydroxyl groups excluding tert-OH is 7. The van der Waals surface area contributed by atoms with Crippen molar-refractivity contribution in [1.82, 2.24) is 0 Å². The van der Waals surface area contributed by atoms with Gasteiger partial charge in [-0.05, 0) is 249 Å². The number of aldehydes is 1. The van der Waals surface area contributed by atoms with Crippen LogP contribution in [0.5, 0.6) is 0 Å². The SMILES string of the molecule is C[C@]12C=CC(=O)C=C1CC[C@H]1[C@@H]3C[C@@H](O)[C@](O)(C(=O)CO)[C@@]3(C)C[C@H](O)[C@@]12F.C[C@]12C=CC(=O)C=C1CC[C@H]1[C@@H]3C[C@H]4O[C@@H](c5ccc(C#Cc6cccc(N)c6)cc5)O[C@@]4(C(=O)CO)[C@@]3(C)C[C@H](O)[C@@]12F.C[C@]12C=CC(=O)C=C1CC[C@H]1[C@@H]3C[C@H]4O[C@H](c5ccc(C#Cc6cccc(N)c6)cc5)O[C@@]4(C(=O)CO)[C@@]3(C)C[C@H](O)[C@@]12F.Cc1cccc(C#Cc2ccc(C=O)cc2)c1. The number of benzene rings is 6. The molecule has 0 bridgehead atoms. The molecule has 12 N–H and O–H groups in total. The van der Waals surface area contributed by atoms with Crippen molar-refractivity contribution < 1.29 is 107 Å². The Labute approximate surface area is 770 Å². The van der Waals surface area contributed by atoms with Gasteiger partial charge in [-0.1, -0.05) is 152 Å². The van der Waals surface area contributed by atoms with E-state index in [4.69, 9.17) is 30.4 Å². The van der Waals surface area contributed by atoms with Gasteiger partial charge in [-0.25, -0.2) is 13.2 Å². The molecule has 2 saturated heterocycles. The van der Waals surface area contributed by atoms with E-state index in [2.05, 4.69) is 35.5 Å². The zero-order chi connectivity index (χ0) is 94.9. The summed E-state index contributed by atoms with van der Waals surface area (Å²) in [4.78, 5) is 86.4. The van der Waals surface area contributed by atoms with Gasteiger partial charge < -0.3 is 71.3 Å². The Morgan fingerprint density at radius 1 is 0.429 bits per heavy atom. The lowest BCUT2D eigenvalue weighted by molar-refractivity contribution is -0.231. The van der Waals surface area contributed by atoms with Crippen LogP contribution in [0.2, 0.25) is 0 Å². The second-order valence-corrected chi connectivity index (χ2v) is 40.0. The van der Waals surface area contributed by atoms with E-state index in [-0.39, 0.29) is 54.9 Å². The number of aryl methyl sites for hydroxylation is 1. The average molecular weight is 1810 g/mol. The molecule has 133 heavy (non-hydrogen) atoms. The van der Waals surface area contributed by atoms with Gasteiger partial charge in [0.2, 0.25) is 0 Å². The molecule has 0 radical (unpaired) electrons. The molecule has 11 fully saturated rings. The van der Waals surface area contributed by atoms with Crippen LogP contribution >= 0.6 is 0 Å². The molecule has 20 rings (SSSR count). The normalized spacial score (nSPS) is 38.8. The van der Waals surface area contributed by atoms with E-state index in [1.165, 1.54) is 48.1 Å². The molecule has 24 heteroatoms. The number of carbonyl (C=O) groups excluding carboxylic acids is 7. The lowest BCUT2D eigenvalue weighted by atomic mass is 9.44. The van der Waals surface area contributed by atoms with Crippen LogP contribution in [0.4, 0.5) is 24.5 Å². The molecule has 12 aliphatic carbocycles. The van der Waals surface area contributed by atoms with Crippen LogP contribution < -0.4 is 11.5 Å². The Balaban J connectivity index is 0.000000130. The van der Waals surface area contributed by atoms with Crippen molar-refractivity contribution in [2.75, 3.05) is 31.3 Å². The number of hydrogen-bond acceptors (Lipinski definition) is 21. The molecule has 2 aliphatic heterocycles. The van der Waals surface area contributed by atoms with Gasteiger partial charge in [0.1, 0.15) is 26.1 Å². The van der Waals surface area contributed by atoms with Crippen molar-refractivity contribution in [3.63, 3.8) is 0 Å². The van der Waals surface area contributed by atoms with Crippen molar-refractivity contribution in [3.05, 3.63) is 273 Å². The molecule has 692 valence electrons. The fraction of sp³-hybridized carbons (Fsp3) is 0.440. The Bertz CT molecular complexity index is 5900. The number of Topliss-reactive ketones (excluding diaryl/α,β-unsaturated/α-hetero) is 3. The summed E-state index contributed by atoms with van der Waals surface area (Å²) >= 11 is 0. The van der Waals surface area contributed by atoms with E-state index in [0.717, 1.165) is 39.7 Å². The highest BCUT2D eigenvalue weighted by Gasteiger charge is 2.83. The number of fused-ring (bicyclic) bond motifs is 19. The standard InChI is InChI=1S/2C36H36FNO6.C21H27FO6.C16H12O/c2*1-33-15-14-26(40)17-24(33)12-13-27-28-18-31-36(30(42)20-39,34(28,2)19-29(41)35(27,33)37)44-32(43-31)23-10-8-21(9-11-23)6-7-22-4-3-5-25(38)16-22;1-18-6-5-12(24)7-11(18)3-4-13-14-8-15(25)21(28,17(27)10-23)19(14,2)9-16(26)20(13,18)22;1-13-3-2-4-15(11-13)8-5-14-6-9-16(12-17)10-7-14/h2*3-5,8-11,14-17,27-29,31-32,39,41H,12-13,18-20,38H2,1-2H3;5-7,13-16,23,25-26,28H,3-4,8-10H2,1-2H3;2-4,6-7,9-12H,1H3/t27-,28-,29-,31+,32+,33-,34-,35-,36+;27-,28-,29-,31+,32-,33-,34-,35-,36+;13-,14-,15+,16-,18-,19-,20-,21-;/m000./s1. The molecule has 0 amide bonds. The highest BCUT2D eigenvalue weighted by Crippen LogP contribution is 2.76. The van der Waals surface area contributed by atoms with Gasteiger partial charge in [0.25, 0.3) is 0 Å². The predicted molar refractivity (Wildman–Crippen MR) is 487 cm³/mol. The summed E-state index contributed by atoms with van der Waals surface area (Å²) in [7, 11) is 0. The lowest BCUT2D eigenvalue weighted by Gasteiger charge is -2.62.